The minimum atomic E-state index is -0.516. The summed E-state index contributed by atoms with van der Waals surface area (Å²) in [7, 11) is 2.16. The smallest absolute Gasteiger partial charge is 0.159 e. The molecule has 1 spiro atoms. The van der Waals surface area contributed by atoms with Crippen molar-refractivity contribution in [3.63, 3.8) is 0 Å². The lowest BCUT2D eigenvalue weighted by atomic mass is 9.69. The molecule has 4 nitrogen and oxygen atoms in total. The first-order valence-electron chi connectivity index (χ1n) is 28.7. The fraction of sp³-hybridized carbons (Fsp3) is 0.128. The first kappa shape index (κ1) is 49.4. The molecule has 2 aromatic heterocycles. The highest BCUT2D eigenvalue weighted by Crippen LogP contribution is 2.65. The summed E-state index contributed by atoms with van der Waals surface area (Å²) in [6, 6.07) is 91.0. The zero-order valence-electron chi connectivity index (χ0n) is 47.4. The van der Waals surface area contributed by atoms with Crippen molar-refractivity contribution in [2.24, 2.45) is 0 Å². The van der Waals surface area contributed by atoms with Gasteiger partial charge in [0, 0.05) is 62.5 Å². The van der Waals surface area contributed by atoms with Gasteiger partial charge in [-0.25, -0.2) is 0 Å². The van der Waals surface area contributed by atoms with Crippen LogP contribution in [0.2, 0.25) is 0 Å². The lowest BCUT2D eigenvalue weighted by molar-refractivity contribution is 0.572. The number of anilines is 5. The second-order valence-electron chi connectivity index (χ2n) is 24.4. The van der Waals surface area contributed by atoms with E-state index < -0.39 is 5.41 Å². The van der Waals surface area contributed by atoms with Crippen LogP contribution in [0, 0.1) is 0 Å². The van der Waals surface area contributed by atoms with E-state index in [0.717, 1.165) is 61.5 Å². The van der Waals surface area contributed by atoms with E-state index in [1.807, 2.05) is 12.1 Å². The van der Waals surface area contributed by atoms with E-state index in [4.69, 9.17) is 8.83 Å². The first-order chi connectivity index (χ1) is 39.9. The Balaban J connectivity index is 0.000000289. The second kappa shape index (κ2) is 18.5. The number of furan rings is 2. The summed E-state index contributed by atoms with van der Waals surface area (Å²) in [5.74, 6) is 0. The van der Waals surface area contributed by atoms with E-state index in [1.165, 1.54) is 88.0 Å². The van der Waals surface area contributed by atoms with Crippen molar-refractivity contribution in [3.05, 3.63) is 282 Å². The molecule has 0 saturated carbocycles. The Labute approximate surface area is 479 Å². The van der Waals surface area contributed by atoms with Gasteiger partial charge in [0.1, 0.15) is 16.7 Å². The molecule has 0 unspecified atom stereocenters. The number of para-hydroxylation sites is 6. The molecule has 2 heterocycles. The minimum Gasteiger partial charge on any atom is -0.456 e. The first-order valence-corrected chi connectivity index (χ1v) is 28.7. The maximum absolute atomic E-state index is 7.01. The third-order valence-corrected chi connectivity index (χ3v) is 17.6. The van der Waals surface area contributed by atoms with Crippen molar-refractivity contribution in [3.8, 4) is 22.3 Å². The Hall–Kier alpha value is -9.64. The van der Waals surface area contributed by atoms with Crippen LogP contribution in [-0.4, -0.2) is 7.05 Å². The average Bonchev–Trinajstić information content (AvgIpc) is 2.18. The summed E-state index contributed by atoms with van der Waals surface area (Å²) in [5, 5.41) is 9.60. The van der Waals surface area contributed by atoms with Gasteiger partial charge in [-0.15, -0.1) is 0 Å². The van der Waals surface area contributed by atoms with Crippen LogP contribution < -0.4 is 9.80 Å². The molecule has 0 aliphatic heterocycles. The topological polar surface area (TPSA) is 32.8 Å². The number of nitrogens with zero attached hydrogens (tertiary/aromatic N) is 2. The van der Waals surface area contributed by atoms with Gasteiger partial charge in [0.25, 0.3) is 0 Å². The van der Waals surface area contributed by atoms with Crippen LogP contribution >= 0.6 is 0 Å². The monoisotopic (exact) mass is 1060 g/mol. The van der Waals surface area contributed by atoms with Crippen molar-refractivity contribution in [1.29, 1.82) is 0 Å². The Morgan fingerprint density at radius 2 is 0.866 bits per heavy atom. The SMILES string of the molecule is CC(C)(C)c1cccc2c1oc1ccccc12.CN(c1ccccc1)c1ccc2c3c(ccc2c1)-c1cc2ccc(N(c4ccccc4)c4cccc5c4oc4c(C(C)(C)C)cccc45)cc2cc1C31c2ccccc2-c2ccccc21. The van der Waals surface area contributed by atoms with Crippen molar-refractivity contribution >= 4 is 93.9 Å². The predicted octanol–water partition coefficient (Wildman–Crippen LogP) is 21.7. The molecule has 0 fully saturated rings. The van der Waals surface area contributed by atoms with Crippen LogP contribution in [0.25, 0.3) is 87.7 Å². The van der Waals surface area contributed by atoms with Crippen molar-refractivity contribution in [1.82, 2.24) is 0 Å². The van der Waals surface area contributed by atoms with Crippen LogP contribution in [0.15, 0.2) is 258 Å². The van der Waals surface area contributed by atoms with Crippen LogP contribution in [0.4, 0.5) is 28.4 Å². The molecule has 82 heavy (non-hydrogen) atoms. The highest BCUT2D eigenvalue weighted by molar-refractivity contribution is 6.12. The van der Waals surface area contributed by atoms with E-state index in [-0.39, 0.29) is 10.8 Å². The molecule has 2 aliphatic rings. The van der Waals surface area contributed by atoms with Gasteiger partial charge in [0.05, 0.1) is 11.1 Å². The van der Waals surface area contributed by atoms with E-state index >= 15 is 0 Å². The zero-order chi connectivity index (χ0) is 55.6. The van der Waals surface area contributed by atoms with Crippen molar-refractivity contribution in [2.45, 2.75) is 57.8 Å². The van der Waals surface area contributed by atoms with Gasteiger partial charge in [0.15, 0.2) is 5.58 Å². The molecule has 0 bridgehead atoms. The Kier molecular flexibility index (Phi) is 11.1. The van der Waals surface area contributed by atoms with E-state index in [0.29, 0.717) is 0 Å². The van der Waals surface area contributed by atoms with Gasteiger partial charge in [0.2, 0.25) is 0 Å². The molecule has 0 amide bonds. The van der Waals surface area contributed by atoms with Gasteiger partial charge in [-0.2, -0.15) is 0 Å². The normalized spacial score (nSPS) is 13.2. The largest absolute Gasteiger partial charge is 0.456 e. The standard InChI is InChI=1S/C62H46N2O.C16H16O/c1-61(2,3)55-27-15-23-50-51-24-16-28-57(60(51)65-59(50)55)64(43-19-9-6-10-20-43)45-31-29-39-37-52-49-33-30-40-35-44(63(4)42-17-7-5-8-18-42)32-34-46(40)58(49)62(56(52)38-41(39)36-45)53-25-13-11-21-47(53)48-22-12-14-26-54(48)62;1-16(2,3)13-9-6-8-12-11-7-4-5-10-14(11)17-15(12)13/h5-38H,1-4H3;4-10H,1-3H3. The lowest BCUT2D eigenvalue weighted by Gasteiger charge is -2.32. The summed E-state index contributed by atoms with van der Waals surface area (Å²) in [5.41, 5.74) is 21.9. The quantitative estimate of drug-likeness (QED) is 0.172. The maximum atomic E-state index is 7.01. The van der Waals surface area contributed by atoms with Gasteiger partial charge in [-0.1, -0.05) is 217 Å². The van der Waals surface area contributed by atoms with Gasteiger partial charge < -0.3 is 18.6 Å². The molecule has 0 N–H and O–H groups in total. The molecular weight excluding hydrogens is 997 g/mol. The third-order valence-electron chi connectivity index (χ3n) is 17.6. The Morgan fingerprint density at radius 3 is 1.55 bits per heavy atom. The molecule has 396 valence electrons. The molecule has 4 heteroatoms. The molecular formula is C78H62N2O2. The zero-order valence-corrected chi connectivity index (χ0v) is 47.4. The highest BCUT2D eigenvalue weighted by atomic mass is 16.3. The second-order valence-corrected chi connectivity index (χ2v) is 24.4. The van der Waals surface area contributed by atoms with E-state index in [9.17, 15) is 0 Å². The van der Waals surface area contributed by atoms with Gasteiger partial charge >= 0.3 is 0 Å². The van der Waals surface area contributed by atoms with Crippen molar-refractivity contribution in [2.75, 3.05) is 16.8 Å². The number of benzene rings is 12. The molecule has 12 aromatic carbocycles. The third kappa shape index (κ3) is 7.51. The van der Waals surface area contributed by atoms with Crippen molar-refractivity contribution < 1.29 is 8.83 Å². The van der Waals surface area contributed by atoms with Crippen LogP contribution in [0.1, 0.15) is 74.9 Å². The fourth-order valence-electron chi connectivity index (χ4n) is 13.8. The summed E-state index contributed by atoms with van der Waals surface area (Å²) in [6.45, 7) is 13.4. The number of hydrogen-bond donors (Lipinski definition) is 0. The summed E-state index contributed by atoms with van der Waals surface area (Å²) >= 11 is 0. The number of fused-ring (bicyclic) bond motifs is 19. The maximum Gasteiger partial charge on any atom is 0.159 e. The average molecular weight is 1060 g/mol. The molecule has 0 saturated heterocycles. The van der Waals surface area contributed by atoms with Gasteiger partial charge in [-0.3, -0.25) is 0 Å². The number of rotatable bonds is 5. The lowest BCUT2D eigenvalue weighted by Crippen LogP contribution is -2.26. The predicted molar refractivity (Wildman–Crippen MR) is 345 cm³/mol. The molecule has 0 radical (unpaired) electrons. The molecule has 0 atom stereocenters. The summed E-state index contributed by atoms with van der Waals surface area (Å²) in [6.07, 6.45) is 0. The highest BCUT2D eigenvalue weighted by Gasteiger charge is 2.52. The molecule has 14 aromatic rings. The number of hydrogen-bond acceptors (Lipinski definition) is 4. The fourth-order valence-corrected chi connectivity index (χ4v) is 13.8. The van der Waals surface area contributed by atoms with Crippen LogP contribution in [-0.2, 0) is 16.2 Å². The minimum absolute atomic E-state index is 0.0725. The van der Waals surface area contributed by atoms with Crippen LogP contribution in [0.5, 0.6) is 0 Å². The Morgan fingerprint density at radius 1 is 0.329 bits per heavy atom. The van der Waals surface area contributed by atoms with Gasteiger partial charge in [-0.05, 0) is 150 Å². The summed E-state index contributed by atoms with van der Waals surface area (Å²) in [4.78, 5) is 4.65. The van der Waals surface area contributed by atoms with E-state index in [2.05, 4.69) is 295 Å². The molecule has 2 aliphatic carbocycles. The van der Waals surface area contributed by atoms with Crippen LogP contribution in [0.3, 0.4) is 0 Å². The summed E-state index contributed by atoms with van der Waals surface area (Å²) < 4.78 is 13.0. The Bertz CT molecular complexity index is 4810. The van der Waals surface area contributed by atoms with E-state index in [1.54, 1.807) is 0 Å². The molecule has 16 rings (SSSR count).